The second-order valence-electron chi connectivity index (χ2n) is 6.35. The van der Waals surface area contributed by atoms with Crippen LogP contribution in [0, 0.1) is 24.0 Å². The number of hydrogen-bond donors (Lipinski definition) is 0. The van der Waals surface area contributed by atoms with Crippen LogP contribution in [0.5, 0.6) is 0 Å². The minimum atomic E-state index is -3.97. The number of nitro benzene ring substituents is 1. The van der Waals surface area contributed by atoms with Crippen LogP contribution in [0.25, 0.3) is 11.4 Å². The zero-order valence-electron chi connectivity index (χ0n) is 15.5. The Morgan fingerprint density at radius 1 is 1.18 bits per heavy atom. The zero-order chi connectivity index (χ0) is 20.5. The second-order valence-corrected chi connectivity index (χ2v) is 8.39. The highest BCUT2D eigenvalue weighted by atomic mass is 32.2. The van der Waals surface area contributed by atoms with E-state index >= 15 is 0 Å². The van der Waals surface area contributed by atoms with Gasteiger partial charge in [0.15, 0.2) is 0 Å². The SMILES string of the molecule is Cc1cccc(-c2noc(CN(C)S(=O)(=O)c3ccc(C)c([N+](=O)[O-])c3)n2)c1. The highest BCUT2D eigenvalue weighted by molar-refractivity contribution is 7.89. The molecule has 0 fully saturated rings. The third-order valence-corrected chi connectivity index (χ3v) is 5.99. The molecule has 0 saturated carbocycles. The number of sulfonamides is 1. The Morgan fingerprint density at radius 3 is 2.61 bits per heavy atom. The van der Waals surface area contributed by atoms with E-state index in [0.29, 0.717) is 11.4 Å². The van der Waals surface area contributed by atoms with Crippen LogP contribution >= 0.6 is 0 Å². The normalized spacial score (nSPS) is 11.7. The van der Waals surface area contributed by atoms with Crippen molar-refractivity contribution in [3.05, 3.63) is 69.6 Å². The van der Waals surface area contributed by atoms with Gasteiger partial charge in [0.05, 0.1) is 16.4 Å². The smallest absolute Gasteiger partial charge is 0.273 e. The lowest BCUT2D eigenvalue weighted by molar-refractivity contribution is -0.385. The molecule has 3 aromatic rings. The van der Waals surface area contributed by atoms with E-state index in [4.69, 9.17) is 4.52 Å². The van der Waals surface area contributed by atoms with Gasteiger partial charge in [-0.3, -0.25) is 10.1 Å². The number of benzene rings is 2. The van der Waals surface area contributed by atoms with E-state index in [9.17, 15) is 18.5 Å². The predicted octanol–water partition coefficient (Wildman–Crippen LogP) is 3.08. The van der Waals surface area contributed by atoms with Crippen LogP contribution in [0.15, 0.2) is 51.9 Å². The van der Waals surface area contributed by atoms with Gasteiger partial charge in [-0.1, -0.05) is 35.0 Å². The van der Waals surface area contributed by atoms with Gasteiger partial charge in [0.1, 0.15) is 0 Å². The molecule has 0 aliphatic rings. The number of aromatic nitrogens is 2. The molecule has 146 valence electrons. The van der Waals surface area contributed by atoms with Crippen molar-refractivity contribution in [2.24, 2.45) is 0 Å². The maximum Gasteiger partial charge on any atom is 0.273 e. The van der Waals surface area contributed by atoms with Gasteiger partial charge in [-0.15, -0.1) is 0 Å². The molecule has 0 saturated heterocycles. The van der Waals surface area contributed by atoms with E-state index < -0.39 is 14.9 Å². The number of nitro groups is 1. The number of hydrogen-bond acceptors (Lipinski definition) is 7. The van der Waals surface area contributed by atoms with E-state index in [2.05, 4.69) is 10.1 Å². The van der Waals surface area contributed by atoms with Crippen LogP contribution in [-0.4, -0.2) is 34.8 Å². The number of aryl methyl sites for hydroxylation is 2. The molecule has 0 unspecified atom stereocenters. The summed E-state index contributed by atoms with van der Waals surface area (Å²) in [4.78, 5) is 14.5. The van der Waals surface area contributed by atoms with Gasteiger partial charge < -0.3 is 4.52 Å². The molecule has 1 heterocycles. The topological polar surface area (TPSA) is 119 Å². The Labute approximate surface area is 161 Å². The van der Waals surface area contributed by atoms with Crippen LogP contribution < -0.4 is 0 Å². The minimum Gasteiger partial charge on any atom is -0.338 e. The summed E-state index contributed by atoms with van der Waals surface area (Å²) in [7, 11) is -2.63. The first kappa shape index (κ1) is 19.6. The Hall–Kier alpha value is -3.11. The molecule has 0 atom stereocenters. The summed E-state index contributed by atoms with van der Waals surface area (Å²) in [6, 6.07) is 11.3. The van der Waals surface area contributed by atoms with Gasteiger partial charge in [0, 0.05) is 24.2 Å². The second kappa shape index (κ2) is 7.49. The van der Waals surface area contributed by atoms with Crippen molar-refractivity contribution in [2.45, 2.75) is 25.3 Å². The summed E-state index contributed by atoms with van der Waals surface area (Å²) in [6.07, 6.45) is 0. The standard InChI is InChI=1S/C18H18N4O5S/c1-12-5-4-6-14(9-12)18-19-17(27-20-18)11-21(3)28(25,26)15-8-7-13(2)16(10-15)22(23)24/h4-10H,11H2,1-3H3. The predicted molar refractivity (Wildman–Crippen MR) is 101 cm³/mol. The molecule has 1 aromatic heterocycles. The first-order chi connectivity index (χ1) is 13.2. The zero-order valence-corrected chi connectivity index (χ0v) is 16.3. The lowest BCUT2D eigenvalue weighted by Crippen LogP contribution is -2.26. The molecule has 0 radical (unpaired) electrons. The Bertz CT molecular complexity index is 1140. The first-order valence-electron chi connectivity index (χ1n) is 8.29. The van der Waals surface area contributed by atoms with Crippen LogP contribution in [0.2, 0.25) is 0 Å². The lowest BCUT2D eigenvalue weighted by atomic mass is 10.1. The van der Waals surface area contributed by atoms with E-state index in [1.807, 2.05) is 31.2 Å². The van der Waals surface area contributed by atoms with Crippen LogP contribution in [0.1, 0.15) is 17.0 Å². The summed E-state index contributed by atoms with van der Waals surface area (Å²) < 4.78 is 31.7. The highest BCUT2D eigenvalue weighted by Gasteiger charge is 2.26. The summed E-state index contributed by atoms with van der Waals surface area (Å²) in [5, 5.41) is 15.0. The van der Waals surface area contributed by atoms with Gasteiger partial charge in [-0.05, 0) is 26.0 Å². The van der Waals surface area contributed by atoms with E-state index in [1.165, 1.54) is 19.2 Å². The van der Waals surface area contributed by atoms with E-state index in [0.717, 1.165) is 21.5 Å². The average Bonchev–Trinajstić information content (AvgIpc) is 3.10. The van der Waals surface area contributed by atoms with Gasteiger partial charge in [0.25, 0.3) is 5.69 Å². The Kier molecular flexibility index (Phi) is 5.25. The molecule has 0 N–H and O–H groups in total. The third-order valence-electron chi connectivity index (χ3n) is 4.19. The minimum absolute atomic E-state index is 0.115. The summed E-state index contributed by atoms with van der Waals surface area (Å²) >= 11 is 0. The summed E-state index contributed by atoms with van der Waals surface area (Å²) in [5.74, 6) is 0.472. The fraction of sp³-hybridized carbons (Fsp3) is 0.222. The highest BCUT2D eigenvalue weighted by Crippen LogP contribution is 2.25. The maximum atomic E-state index is 12.8. The van der Waals surface area contributed by atoms with Gasteiger partial charge in [-0.2, -0.15) is 9.29 Å². The van der Waals surface area contributed by atoms with Crippen LogP contribution in [0.3, 0.4) is 0 Å². The van der Waals surface area contributed by atoms with Gasteiger partial charge in [-0.25, -0.2) is 8.42 Å². The van der Waals surface area contributed by atoms with Crippen molar-refractivity contribution >= 4 is 15.7 Å². The Balaban J connectivity index is 1.84. The average molecular weight is 402 g/mol. The molecule has 0 aliphatic heterocycles. The van der Waals surface area contributed by atoms with Crippen molar-refractivity contribution in [1.82, 2.24) is 14.4 Å². The molecule has 3 rings (SSSR count). The quantitative estimate of drug-likeness (QED) is 0.459. The number of rotatable bonds is 6. The van der Waals surface area contributed by atoms with Gasteiger partial charge in [0.2, 0.25) is 21.7 Å². The largest absolute Gasteiger partial charge is 0.338 e. The maximum absolute atomic E-state index is 12.8. The Morgan fingerprint density at radius 2 is 1.93 bits per heavy atom. The van der Waals surface area contributed by atoms with Crippen molar-refractivity contribution in [1.29, 1.82) is 0 Å². The van der Waals surface area contributed by atoms with Crippen molar-refractivity contribution in [3.8, 4) is 11.4 Å². The number of nitrogens with zero attached hydrogens (tertiary/aromatic N) is 4. The molecule has 2 aromatic carbocycles. The van der Waals surface area contributed by atoms with Crippen LogP contribution in [-0.2, 0) is 16.6 Å². The molecule has 28 heavy (non-hydrogen) atoms. The third kappa shape index (κ3) is 3.92. The molecule has 0 bridgehead atoms. The lowest BCUT2D eigenvalue weighted by Gasteiger charge is -2.15. The monoisotopic (exact) mass is 402 g/mol. The fourth-order valence-electron chi connectivity index (χ4n) is 2.62. The summed E-state index contributed by atoms with van der Waals surface area (Å²) in [6.45, 7) is 3.32. The molecule has 0 amide bonds. The van der Waals surface area contributed by atoms with Crippen molar-refractivity contribution in [3.63, 3.8) is 0 Å². The van der Waals surface area contributed by atoms with Crippen molar-refractivity contribution < 1.29 is 17.9 Å². The summed E-state index contributed by atoms with van der Waals surface area (Å²) in [5.41, 5.74) is 1.92. The molecule has 9 nitrogen and oxygen atoms in total. The first-order valence-corrected chi connectivity index (χ1v) is 9.73. The van der Waals surface area contributed by atoms with E-state index in [-0.39, 0.29) is 23.0 Å². The molecular weight excluding hydrogens is 384 g/mol. The van der Waals surface area contributed by atoms with E-state index in [1.54, 1.807) is 6.92 Å². The molecule has 10 heteroatoms. The molecule has 0 spiro atoms. The molecule has 0 aliphatic carbocycles. The van der Waals surface area contributed by atoms with Crippen LogP contribution in [0.4, 0.5) is 5.69 Å². The van der Waals surface area contributed by atoms with Gasteiger partial charge >= 0.3 is 0 Å². The van der Waals surface area contributed by atoms with Crippen molar-refractivity contribution in [2.75, 3.05) is 7.05 Å². The molecular formula is C18H18N4O5S. The fourth-order valence-corrected chi connectivity index (χ4v) is 3.76.